The van der Waals surface area contributed by atoms with Crippen molar-refractivity contribution >= 4 is 5.91 Å². The molecule has 142 valence electrons. The van der Waals surface area contributed by atoms with Gasteiger partial charge in [-0.15, -0.1) is 0 Å². The lowest BCUT2D eigenvalue weighted by molar-refractivity contribution is -0.131. The molecule has 1 N–H and O–H groups in total. The molecule has 2 fully saturated rings. The third-order valence-electron chi connectivity index (χ3n) is 5.75. The van der Waals surface area contributed by atoms with Crippen molar-refractivity contribution in [3.8, 4) is 16.9 Å². The molecule has 5 heteroatoms. The van der Waals surface area contributed by atoms with Crippen molar-refractivity contribution < 1.29 is 9.53 Å². The van der Waals surface area contributed by atoms with E-state index in [0.29, 0.717) is 6.61 Å². The van der Waals surface area contributed by atoms with Crippen LogP contribution in [-0.2, 0) is 4.79 Å². The van der Waals surface area contributed by atoms with Crippen molar-refractivity contribution in [3.63, 3.8) is 0 Å². The Morgan fingerprint density at radius 2 is 2.11 bits per heavy atom. The lowest BCUT2D eigenvalue weighted by Gasteiger charge is -2.23. The number of benzene rings is 1. The normalized spacial score (nSPS) is 24.8. The zero-order valence-corrected chi connectivity index (χ0v) is 16.3. The summed E-state index contributed by atoms with van der Waals surface area (Å²) in [6.45, 7) is 5.50. The van der Waals surface area contributed by atoms with Crippen LogP contribution >= 0.6 is 0 Å². The largest absolute Gasteiger partial charge is 0.494 e. The minimum Gasteiger partial charge on any atom is -0.494 e. The summed E-state index contributed by atoms with van der Waals surface area (Å²) in [4.78, 5) is 19.2. The van der Waals surface area contributed by atoms with E-state index in [2.05, 4.69) is 29.6 Å². The van der Waals surface area contributed by atoms with Crippen LogP contribution in [0.15, 0.2) is 36.4 Å². The number of likely N-dealkylation sites (N-methyl/N-ethyl adjacent to an activating group) is 1. The van der Waals surface area contributed by atoms with E-state index in [1.165, 1.54) is 0 Å². The maximum Gasteiger partial charge on any atom is 0.242 e. The van der Waals surface area contributed by atoms with Gasteiger partial charge in [0.2, 0.25) is 5.91 Å². The van der Waals surface area contributed by atoms with Crippen LogP contribution in [0.3, 0.4) is 0 Å². The molecule has 0 unspecified atom stereocenters. The molecule has 2 saturated heterocycles. The molecule has 27 heavy (non-hydrogen) atoms. The molecule has 1 spiro atoms. The summed E-state index contributed by atoms with van der Waals surface area (Å²) in [7, 11) is 1.89. The first-order chi connectivity index (χ1) is 13.0. The molecular weight excluding hydrogens is 338 g/mol. The Labute approximate surface area is 160 Å². The summed E-state index contributed by atoms with van der Waals surface area (Å²) in [6, 6.07) is 12.5. The summed E-state index contributed by atoms with van der Waals surface area (Å²) >= 11 is 0. The van der Waals surface area contributed by atoms with Gasteiger partial charge in [-0.3, -0.25) is 15.1 Å². The molecule has 5 nitrogen and oxygen atoms in total. The summed E-state index contributed by atoms with van der Waals surface area (Å²) in [5.74, 6) is 1.10. The quantitative estimate of drug-likeness (QED) is 0.901. The smallest absolute Gasteiger partial charge is 0.242 e. The lowest BCUT2D eigenvalue weighted by Crippen LogP contribution is -2.47. The molecule has 1 aromatic carbocycles. The molecule has 2 aliphatic heterocycles. The van der Waals surface area contributed by atoms with E-state index in [9.17, 15) is 4.79 Å². The maximum atomic E-state index is 12.6. The lowest BCUT2D eigenvalue weighted by atomic mass is 9.96. The van der Waals surface area contributed by atoms with Gasteiger partial charge in [-0.1, -0.05) is 12.1 Å². The third-order valence-corrected chi connectivity index (χ3v) is 5.75. The SMILES string of the molecule is CCOc1cccc(-c2cc(C)nc([C@H]3CC[C@@]4(CCN(C)C4=O)N3)c2)c1. The van der Waals surface area contributed by atoms with Gasteiger partial charge >= 0.3 is 0 Å². The van der Waals surface area contributed by atoms with Crippen molar-refractivity contribution in [2.24, 2.45) is 0 Å². The number of hydrogen-bond donors (Lipinski definition) is 1. The Bertz CT molecular complexity index is 866. The van der Waals surface area contributed by atoms with Crippen molar-refractivity contribution in [2.45, 2.75) is 44.7 Å². The van der Waals surface area contributed by atoms with E-state index in [1.54, 1.807) is 0 Å². The molecule has 2 atom stereocenters. The molecule has 4 rings (SSSR count). The minimum absolute atomic E-state index is 0.120. The highest BCUT2D eigenvalue weighted by molar-refractivity contribution is 5.88. The Morgan fingerprint density at radius 1 is 1.26 bits per heavy atom. The number of rotatable bonds is 4. The number of ether oxygens (including phenoxy) is 1. The van der Waals surface area contributed by atoms with E-state index < -0.39 is 0 Å². The number of aromatic nitrogens is 1. The summed E-state index contributed by atoms with van der Waals surface area (Å²) in [5.41, 5.74) is 3.88. The Kier molecular flexibility index (Phi) is 4.64. The van der Waals surface area contributed by atoms with Crippen LogP contribution in [0, 0.1) is 6.92 Å². The van der Waals surface area contributed by atoms with Crippen LogP contribution in [0.5, 0.6) is 5.75 Å². The molecule has 1 aromatic heterocycles. The second-order valence-corrected chi connectivity index (χ2v) is 7.68. The number of carbonyl (C=O) groups is 1. The number of nitrogens with zero attached hydrogens (tertiary/aromatic N) is 2. The Morgan fingerprint density at radius 3 is 2.85 bits per heavy atom. The van der Waals surface area contributed by atoms with Crippen molar-refractivity contribution in [1.29, 1.82) is 0 Å². The molecular formula is C22H27N3O2. The van der Waals surface area contributed by atoms with Crippen LogP contribution in [0.1, 0.15) is 43.6 Å². The van der Waals surface area contributed by atoms with Crippen molar-refractivity contribution in [3.05, 3.63) is 47.8 Å². The fourth-order valence-electron chi connectivity index (χ4n) is 4.36. The highest BCUT2D eigenvalue weighted by Gasteiger charge is 2.50. The Hall–Kier alpha value is -2.40. The monoisotopic (exact) mass is 365 g/mol. The number of hydrogen-bond acceptors (Lipinski definition) is 4. The second-order valence-electron chi connectivity index (χ2n) is 7.68. The first-order valence-corrected chi connectivity index (χ1v) is 9.76. The first kappa shape index (κ1) is 18.0. The van der Waals surface area contributed by atoms with E-state index in [0.717, 1.165) is 54.1 Å². The highest BCUT2D eigenvalue weighted by Crippen LogP contribution is 2.39. The number of pyridine rings is 1. The van der Waals surface area contributed by atoms with Gasteiger partial charge in [0.1, 0.15) is 11.3 Å². The van der Waals surface area contributed by atoms with Crippen LogP contribution < -0.4 is 10.1 Å². The van der Waals surface area contributed by atoms with Gasteiger partial charge in [-0.2, -0.15) is 0 Å². The zero-order chi connectivity index (χ0) is 19.0. The van der Waals surface area contributed by atoms with E-state index in [1.807, 2.05) is 37.9 Å². The van der Waals surface area contributed by atoms with Gasteiger partial charge in [0.15, 0.2) is 0 Å². The molecule has 3 heterocycles. The molecule has 0 saturated carbocycles. The molecule has 2 aromatic rings. The van der Waals surface area contributed by atoms with Gasteiger partial charge in [0, 0.05) is 19.3 Å². The summed E-state index contributed by atoms with van der Waals surface area (Å²) in [6.07, 6.45) is 2.70. The van der Waals surface area contributed by atoms with Gasteiger partial charge in [0.25, 0.3) is 0 Å². The fraction of sp³-hybridized carbons (Fsp3) is 0.455. The summed E-state index contributed by atoms with van der Waals surface area (Å²) < 4.78 is 5.64. The highest BCUT2D eigenvalue weighted by atomic mass is 16.5. The first-order valence-electron chi connectivity index (χ1n) is 9.76. The molecule has 0 bridgehead atoms. The molecule has 2 aliphatic rings. The zero-order valence-electron chi connectivity index (χ0n) is 16.3. The van der Waals surface area contributed by atoms with Gasteiger partial charge < -0.3 is 9.64 Å². The number of likely N-dealkylation sites (tertiary alicyclic amines) is 1. The van der Waals surface area contributed by atoms with Crippen molar-refractivity contribution in [2.75, 3.05) is 20.2 Å². The van der Waals surface area contributed by atoms with Gasteiger partial charge in [-0.25, -0.2) is 0 Å². The minimum atomic E-state index is -0.389. The average molecular weight is 365 g/mol. The van der Waals surface area contributed by atoms with Crippen LogP contribution in [0.25, 0.3) is 11.1 Å². The van der Waals surface area contributed by atoms with E-state index in [-0.39, 0.29) is 17.5 Å². The number of aryl methyl sites for hydroxylation is 1. The Balaban J connectivity index is 1.62. The number of nitrogens with one attached hydrogen (secondary N) is 1. The average Bonchev–Trinajstić information content (AvgIpc) is 3.22. The van der Waals surface area contributed by atoms with Crippen LogP contribution in [0.2, 0.25) is 0 Å². The maximum absolute atomic E-state index is 12.6. The predicted molar refractivity (Wildman–Crippen MR) is 106 cm³/mol. The second kappa shape index (κ2) is 6.97. The topological polar surface area (TPSA) is 54.5 Å². The number of carbonyl (C=O) groups excluding carboxylic acids is 1. The standard InChI is InChI=1S/C22H27N3O2/c1-4-27-18-7-5-6-16(13-18)17-12-15(2)23-20(14-17)19-8-9-22(24-19)10-11-25(3)21(22)26/h5-7,12-14,19,24H,4,8-11H2,1-3H3/t19-,22+/m1/s1. The van der Waals surface area contributed by atoms with E-state index >= 15 is 0 Å². The predicted octanol–water partition coefficient (Wildman–Crippen LogP) is 3.48. The number of amides is 1. The fourth-order valence-corrected chi connectivity index (χ4v) is 4.36. The van der Waals surface area contributed by atoms with Crippen molar-refractivity contribution in [1.82, 2.24) is 15.2 Å². The van der Waals surface area contributed by atoms with Crippen LogP contribution in [0.4, 0.5) is 0 Å². The van der Waals surface area contributed by atoms with E-state index in [4.69, 9.17) is 9.72 Å². The van der Waals surface area contributed by atoms with Crippen LogP contribution in [-0.4, -0.2) is 41.5 Å². The summed E-state index contributed by atoms with van der Waals surface area (Å²) in [5, 5.41) is 3.62. The van der Waals surface area contributed by atoms with Gasteiger partial charge in [0.05, 0.1) is 18.3 Å². The molecule has 1 amide bonds. The third kappa shape index (κ3) is 3.32. The van der Waals surface area contributed by atoms with Gasteiger partial charge in [-0.05, 0) is 68.5 Å². The molecule has 0 aliphatic carbocycles. The molecule has 0 radical (unpaired) electrons.